The number of carbonyl (C=O) groups is 1. The van der Waals surface area contributed by atoms with E-state index in [4.69, 9.17) is 21.1 Å². The molecule has 0 heterocycles. The molecule has 0 fully saturated rings. The summed E-state index contributed by atoms with van der Waals surface area (Å²) in [4.78, 5) is 14.3. The molecule has 32 heavy (non-hydrogen) atoms. The Morgan fingerprint density at radius 2 is 1.69 bits per heavy atom. The van der Waals surface area contributed by atoms with Gasteiger partial charge in [0.1, 0.15) is 0 Å². The number of ether oxygens (including phenoxy) is 2. The van der Waals surface area contributed by atoms with E-state index in [1.54, 1.807) is 18.2 Å². The maximum atomic E-state index is 12.2. The van der Waals surface area contributed by atoms with Crippen LogP contribution in [0.25, 0.3) is 6.08 Å². The largest absolute Gasteiger partial charge is 0.493 e. The molecule has 7 nitrogen and oxygen atoms in total. The smallest absolute Gasteiger partial charge is 0.336 e. The molecular weight excluding hydrogens is 452 g/mol. The minimum Gasteiger partial charge on any atom is -0.493 e. The van der Waals surface area contributed by atoms with Crippen LogP contribution in [0, 0.1) is 0 Å². The standard InChI is InChI=1S/C23H19ClN2O5S/c1-30-22-15-18(16-25-26-32(28,29)20-11-9-19(24)10-12-20)7-13-21(22)31-23(27)14-8-17-5-3-2-4-6-17/h2-16,26H,1H3. The van der Waals surface area contributed by atoms with Crippen molar-refractivity contribution in [2.75, 3.05) is 7.11 Å². The number of hydrogen-bond donors (Lipinski definition) is 1. The van der Waals surface area contributed by atoms with E-state index in [0.29, 0.717) is 10.6 Å². The number of carbonyl (C=O) groups excluding carboxylic acids is 1. The molecule has 0 radical (unpaired) electrons. The van der Waals surface area contributed by atoms with E-state index in [-0.39, 0.29) is 16.4 Å². The number of benzene rings is 3. The molecule has 3 rings (SSSR count). The summed E-state index contributed by atoms with van der Waals surface area (Å²) < 4.78 is 35.1. The van der Waals surface area contributed by atoms with Gasteiger partial charge in [0.15, 0.2) is 11.5 Å². The third-order valence-electron chi connectivity index (χ3n) is 4.12. The van der Waals surface area contributed by atoms with Gasteiger partial charge in [-0.2, -0.15) is 13.5 Å². The summed E-state index contributed by atoms with van der Waals surface area (Å²) >= 11 is 5.77. The highest BCUT2D eigenvalue weighted by molar-refractivity contribution is 7.89. The summed E-state index contributed by atoms with van der Waals surface area (Å²) in [7, 11) is -2.40. The Labute approximate surface area is 191 Å². The van der Waals surface area contributed by atoms with E-state index in [2.05, 4.69) is 9.93 Å². The summed E-state index contributed by atoms with van der Waals surface area (Å²) in [6, 6.07) is 19.7. The zero-order valence-corrected chi connectivity index (χ0v) is 18.5. The van der Waals surface area contributed by atoms with Gasteiger partial charge in [-0.25, -0.2) is 9.63 Å². The Morgan fingerprint density at radius 1 is 0.969 bits per heavy atom. The lowest BCUT2D eigenvalue weighted by Gasteiger charge is -2.08. The van der Waals surface area contributed by atoms with Gasteiger partial charge in [0.05, 0.1) is 18.2 Å². The van der Waals surface area contributed by atoms with Crippen LogP contribution in [0.5, 0.6) is 11.5 Å². The molecule has 0 amide bonds. The Kier molecular flexibility index (Phi) is 7.64. The highest BCUT2D eigenvalue weighted by atomic mass is 35.5. The summed E-state index contributed by atoms with van der Waals surface area (Å²) in [5.41, 5.74) is 1.39. The number of rotatable bonds is 8. The fraction of sp³-hybridized carbons (Fsp3) is 0.0435. The average molecular weight is 471 g/mol. The molecule has 0 aliphatic rings. The number of hydrogen-bond acceptors (Lipinski definition) is 6. The topological polar surface area (TPSA) is 94.1 Å². The van der Waals surface area contributed by atoms with Crippen LogP contribution in [-0.2, 0) is 14.8 Å². The summed E-state index contributed by atoms with van der Waals surface area (Å²) in [6.45, 7) is 0. The van der Waals surface area contributed by atoms with E-state index < -0.39 is 16.0 Å². The van der Waals surface area contributed by atoms with Gasteiger partial charge in [-0.15, -0.1) is 0 Å². The van der Waals surface area contributed by atoms with Crippen molar-refractivity contribution < 1.29 is 22.7 Å². The second kappa shape index (κ2) is 10.6. The normalized spacial score (nSPS) is 11.6. The van der Waals surface area contributed by atoms with Crippen LogP contribution in [0.1, 0.15) is 11.1 Å². The maximum absolute atomic E-state index is 12.2. The van der Waals surface area contributed by atoms with Gasteiger partial charge < -0.3 is 9.47 Å². The van der Waals surface area contributed by atoms with Gasteiger partial charge in [0.2, 0.25) is 0 Å². The van der Waals surface area contributed by atoms with Crippen molar-refractivity contribution in [3.05, 3.63) is 95.0 Å². The van der Waals surface area contributed by atoms with Crippen LogP contribution in [0.2, 0.25) is 5.02 Å². The number of nitrogens with zero attached hydrogens (tertiary/aromatic N) is 1. The molecule has 0 bridgehead atoms. The van der Waals surface area contributed by atoms with Crippen molar-refractivity contribution in [2.24, 2.45) is 5.10 Å². The fourth-order valence-corrected chi connectivity index (χ4v) is 3.47. The van der Waals surface area contributed by atoms with Crippen molar-refractivity contribution in [2.45, 2.75) is 4.90 Å². The first-order valence-electron chi connectivity index (χ1n) is 9.31. The van der Waals surface area contributed by atoms with E-state index in [9.17, 15) is 13.2 Å². The van der Waals surface area contributed by atoms with Crippen molar-refractivity contribution in [1.29, 1.82) is 0 Å². The van der Waals surface area contributed by atoms with E-state index in [1.165, 1.54) is 49.7 Å². The highest BCUT2D eigenvalue weighted by Gasteiger charge is 2.12. The fourth-order valence-electron chi connectivity index (χ4n) is 2.56. The first-order chi connectivity index (χ1) is 15.4. The number of halogens is 1. The van der Waals surface area contributed by atoms with Crippen LogP contribution in [0.15, 0.2) is 88.9 Å². The van der Waals surface area contributed by atoms with Crippen molar-refractivity contribution >= 4 is 39.9 Å². The lowest BCUT2D eigenvalue weighted by molar-refractivity contribution is -0.129. The Morgan fingerprint density at radius 3 is 2.38 bits per heavy atom. The predicted octanol–water partition coefficient (Wildman–Crippen LogP) is 4.28. The van der Waals surface area contributed by atoms with E-state index in [0.717, 1.165) is 5.56 Å². The molecule has 0 atom stereocenters. The van der Waals surface area contributed by atoms with Gasteiger partial charge in [-0.05, 0) is 59.7 Å². The van der Waals surface area contributed by atoms with E-state index >= 15 is 0 Å². The molecule has 0 unspecified atom stereocenters. The third-order valence-corrected chi connectivity index (χ3v) is 5.61. The lowest BCUT2D eigenvalue weighted by Crippen LogP contribution is -2.18. The quantitative estimate of drug-likeness (QED) is 0.174. The molecule has 3 aromatic rings. The first kappa shape index (κ1) is 23.1. The van der Waals surface area contributed by atoms with Gasteiger partial charge in [-0.1, -0.05) is 41.9 Å². The number of nitrogens with one attached hydrogen (secondary N) is 1. The zero-order chi connectivity index (χ0) is 23.0. The minimum absolute atomic E-state index is 0.0300. The molecule has 0 saturated heterocycles. The zero-order valence-electron chi connectivity index (χ0n) is 16.9. The third kappa shape index (κ3) is 6.44. The maximum Gasteiger partial charge on any atom is 0.336 e. The van der Waals surface area contributed by atoms with Gasteiger partial charge in [0, 0.05) is 11.1 Å². The molecule has 0 aromatic heterocycles. The highest BCUT2D eigenvalue weighted by Crippen LogP contribution is 2.28. The monoisotopic (exact) mass is 470 g/mol. The molecule has 3 aromatic carbocycles. The SMILES string of the molecule is COc1cc(C=NNS(=O)(=O)c2ccc(Cl)cc2)ccc1OC(=O)C=Cc1ccccc1. The molecular formula is C23H19ClN2O5S. The van der Waals surface area contributed by atoms with Gasteiger partial charge >= 0.3 is 5.97 Å². The average Bonchev–Trinajstić information content (AvgIpc) is 2.79. The van der Waals surface area contributed by atoms with Crippen molar-refractivity contribution in [3.63, 3.8) is 0 Å². The second-order valence-electron chi connectivity index (χ2n) is 6.38. The first-order valence-corrected chi connectivity index (χ1v) is 11.2. The number of sulfonamides is 1. The molecule has 1 N–H and O–H groups in total. The lowest BCUT2D eigenvalue weighted by atomic mass is 10.2. The second-order valence-corrected chi connectivity index (χ2v) is 8.48. The summed E-state index contributed by atoms with van der Waals surface area (Å²) in [5.74, 6) is -0.0608. The van der Waals surface area contributed by atoms with Crippen LogP contribution >= 0.6 is 11.6 Å². The molecule has 164 valence electrons. The van der Waals surface area contributed by atoms with Crippen LogP contribution < -0.4 is 14.3 Å². The van der Waals surface area contributed by atoms with E-state index in [1.807, 2.05) is 30.3 Å². The molecule has 0 spiro atoms. The Bertz CT molecular complexity index is 1240. The number of methoxy groups -OCH3 is 1. The van der Waals surface area contributed by atoms with Gasteiger partial charge in [0.25, 0.3) is 10.0 Å². The van der Waals surface area contributed by atoms with Crippen LogP contribution in [0.3, 0.4) is 0 Å². The van der Waals surface area contributed by atoms with Crippen LogP contribution in [-0.4, -0.2) is 27.7 Å². The van der Waals surface area contributed by atoms with Gasteiger partial charge in [-0.3, -0.25) is 0 Å². The Hall–Kier alpha value is -3.62. The molecule has 0 aliphatic carbocycles. The number of esters is 1. The van der Waals surface area contributed by atoms with Crippen molar-refractivity contribution in [3.8, 4) is 11.5 Å². The minimum atomic E-state index is -3.83. The molecule has 9 heteroatoms. The predicted molar refractivity (Wildman–Crippen MR) is 123 cm³/mol. The summed E-state index contributed by atoms with van der Waals surface area (Å²) in [6.07, 6.45) is 4.26. The Balaban J connectivity index is 1.66. The molecule has 0 saturated carbocycles. The van der Waals surface area contributed by atoms with Crippen molar-refractivity contribution in [1.82, 2.24) is 4.83 Å². The number of hydrazone groups is 1. The van der Waals surface area contributed by atoms with Crippen LogP contribution in [0.4, 0.5) is 0 Å². The summed E-state index contributed by atoms with van der Waals surface area (Å²) in [5, 5.41) is 4.20. The molecule has 0 aliphatic heterocycles.